The normalized spacial score (nSPS) is 28.5. The lowest BCUT2D eigenvalue weighted by Gasteiger charge is -2.18. The Hall–Kier alpha value is -0.650. The lowest BCUT2D eigenvalue weighted by atomic mass is 10.2. The molecular formula is C8H14O5. The van der Waals surface area contributed by atoms with Gasteiger partial charge in [0.1, 0.15) is 6.10 Å². The van der Waals surface area contributed by atoms with Crippen molar-refractivity contribution >= 4 is 5.97 Å². The molecule has 0 aromatic rings. The van der Waals surface area contributed by atoms with Gasteiger partial charge in [0.25, 0.3) is 0 Å². The molecule has 13 heavy (non-hydrogen) atoms. The van der Waals surface area contributed by atoms with Crippen LogP contribution in [-0.2, 0) is 19.0 Å². The van der Waals surface area contributed by atoms with Gasteiger partial charge in [-0.2, -0.15) is 0 Å². The zero-order chi connectivity index (χ0) is 10.1. The van der Waals surface area contributed by atoms with Crippen molar-refractivity contribution in [3.8, 4) is 0 Å². The van der Waals surface area contributed by atoms with Crippen LogP contribution in [0, 0.1) is 0 Å². The van der Waals surface area contributed by atoms with E-state index in [-0.39, 0.29) is 6.61 Å². The van der Waals surface area contributed by atoms with Gasteiger partial charge in [0.15, 0.2) is 11.9 Å². The van der Waals surface area contributed by atoms with E-state index in [0.717, 1.165) is 0 Å². The first-order valence-corrected chi connectivity index (χ1v) is 4.04. The lowest BCUT2D eigenvalue weighted by Crippen LogP contribution is -2.37. The topological polar surface area (TPSA) is 65.0 Å². The maximum Gasteiger partial charge on any atom is 0.337 e. The van der Waals surface area contributed by atoms with Gasteiger partial charge in [0.05, 0.1) is 13.7 Å². The van der Waals surface area contributed by atoms with Crippen LogP contribution in [-0.4, -0.2) is 42.8 Å². The molecule has 5 heteroatoms. The number of esters is 1. The third kappa shape index (κ3) is 2.40. The summed E-state index contributed by atoms with van der Waals surface area (Å²) in [4.78, 5) is 10.9. The van der Waals surface area contributed by atoms with Crippen molar-refractivity contribution in [2.75, 3.05) is 13.7 Å². The molecule has 5 nitrogen and oxygen atoms in total. The van der Waals surface area contributed by atoms with Crippen LogP contribution in [0.5, 0.6) is 0 Å². The van der Waals surface area contributed by atoms with Gasteiger partial charge in [-0.3, -0.25) is 0 Å². The Morgan fingerprint density at radius 3 is 2.69 bits per heavy atom. The molecule has 1 heterocycles. The van der Waals surface area contributed by atoms with E-state index in [4.69, 9.17) is 9.47 Å². The second-order valence-corrected chi connectivity index (χ2v) is 3.34. The van der Waals surface area contributed by atoms with E-state index in [1.165, 1.54) is 7.11 Å². The molecule has 1 N–H and O–H groups in total. The quantitative estimate of drug-likeness (QED) is 0.604. The van der Waals surface area contributed by atoms with Crippen molar-refractivity contribution < 1.29 is 24.1 Å². The monoisotopic (exact) mass is 190 g/mol. The van der Waals surface area contributed by atoms with Crippen LogP contribution in [0.25, 0.3) is 0 Å². The fourth-order valence-corrected chi connectivity index (χ4v) is 1.14. The highest BCUT2D eigenvalue weighted by Crippen LogP contribution is 2.24. The molecule has 1 aliphatic rings. The van der Waals surface area contributed by atoms with Crippen LogP contribution in [0.4, 0.5) is 0 Å². The number of carbonyl (C=O) groups excluding carboxylic acids is 1. The molecule has 2 atom stereocenters. The maximum atomic E-state index is 10.9. The average molecular weight is 190 g/mol. The number of carbonyl (C=O) groups is 1. The summed E-state index contributed by atoms with van der Waals surface area (Å²) in [6.07, 6.45) is -1.91. The summed E-state index contributed by atoms with van der Waals surface area (Å²) < 4.78 is 14.8. The number of aliphatic hydroxyl groups excluding tert-OH is 1. The summed E-state index contributed by atoms with van der Waals surface area (Å²) >= 11 is 0. The van der Waals surface area contributed by atoms with E-state index in [9.17, 15) is 9.90 Å². The van der Waals surface area contributed by atoms with Gasteiger partial charge in [0, 0.05) is 0 Å². The smallest absolute Gasteiger partial charge is 0.337 e. The maximum absolute atomic E-state index is 10.9. The Kier molecular flexibility index (Phi) is 2.90. The molecule has 1 aliphatic heterocycles. The molecule has 0 spiro atoms. The number of methoxy groups -OCH3 is 1. The van der Waals surface area contributed by atoms with E-state index < -0.39 is 24.0 Å². The Morgan fingerprint density at radius 2 is 2.31 bits per heavy atom. The van der Waals surface area contributed by atoms with Gasteiger partial charge in [0.2, 0.25) is 0 Å². The molecule has 0 radical (unpaired) electrons. The van der Waals surface area contributed by atoms with Crippen molar-refractivity contribution in [1.29, 1.82) is 0 Å². The zero-order valence-corrected chi connectivity index (χ0v) is 7.94. The Morgan fingerprint density at radius 1 is 1.69 bits per heavy atom. The number of rotatable bonds is 2. The van der Waals surface area contributed by atoms with Crippen LogP contribution in [0.3, 0.4) is 0 Å². The van der Waals surface area contributed by atoms with Crippen molar-refractivity contribution in [3.63, 3.8) is 0 Å². The number of aliphatic hydroxyl groups is 1. The third-order valence-electron chi connectivity index (χ3n) is 1.83. The summed E-state index contributed by atoms with van der Waals surface area (Å²) in [5.74, 6) is -1.44. The molecule has 0 aromatic carbocycles. The summed E-state index contributed by atoms with van der Waals surface area (Å²) in [6.45, 7) is 3.64. The standard InChI is InChI=1S/C8H14O5/c1-8(2)12-4-5(13-8)6(9)7(10)11-3/h5-6,9H,4H2,1-3H3/t5?,6-/m1/s1. The predicted molar refractivity (Wildman–Crippen MR) is 42.9 cm³/mol. The predicted octanol–water partition coefficient (Wildman–Crippen LogP) is -0.328. The average Bonchev–Trinajstić information content (AvgIpc) is 2.43. The van der Waals surface area contributed by atoms with Crippen LogP contribution in [0.1, 0.15) is 13.8 Å². The minimum absolute atomic E-state index is 0.198. The van der Waals surface area contributed by atoms with Crippen LogP contribution < -0.4 is 0 Å². The third-order valence-corrected chi connectivity index (χ3v) is 1.83. The molecule has 0 bridgehead atoms. The Balaban J connectivity index is 2.51. The summed E-state index contributed by atoms with van der Waals surface area (Å²) in [5, 5.41) is 9.37. The van der Waals surface area contributed by atoms with Gasteiger partial charge >= 0.3 is 5.97 Å². The van der Waals surface area contributed by atoms with Gasteiger partial charge in [-0.05, 0) is 13.8 Å². The van der Waals surface area contributed by atoms with E-state index >= 15 is 0 Å². The molecule has 1 fully saturated rings. The van der Waals surface area contributed by atoms with E-state index in [1.807, 2.05) is 0 Å². The molecule has 1 saturated heterocycles. The minimum atomic E-state index is -1.27. The second kappa shape index (κ2) is 3.61. The zero-order valence-electron chi connectivity index (χ0n) is 7.94. The first kappa shape index (κ1) is 10.4. The largest absolute Gasteiger partial charge is 0.467 e. The highest BCUT2D eigenvalue weighted by Gasteiger charge is 2.39. The van der Waals surface area contributed by atoms with E-state index in [2.05, 4.69) is 4.74 Å². The first-order chi connectivity index (χ1) is 5.96. The minimum Gasteiger partial charge on any atom is -0.467 e. The molecule has 0 saturated carbocycles. The van der Waals surface area contributed by atoms with Crippen LogP contribution >= 0.6 is 0 Å². The molecule has 0 aromatic heterocycles. The van der Waals surface area contributed by atoms with E-state index in [0.29, 0.717) is 0 Å². The van der Waals surface area contributed by atoms with Crippen LogP contribution in [0.2, 0.25) is 0 Å². The highest BCUT2D eigenvalue weighted by molar-refractivity contribution is 5.75. The highest BCUT2D eigenvalue weighted by atomic mass is 16.7. The SMILES string of the molecule is COC(=O)[C@H](O)C1COC(C)(C)O1. The summed E-state index contributed by atoms with van der Waals surface area (Å²) in [5.41, 5.74) is 0. The lowest BCUT2D eigenvalue weighted by molar-refractivity contribution is -0.170. The van der Waals surface area contributed by atoms with Gasteiger partial charge in [-0.25, -0.2) is 4.79 Å². The molecular weight excluding hydrogens is 176 g/mol. The molecule has 0 amide bonds. The molecule has 1 unspecified atom stereocenters. The first-order valence-electron chi connectivity index (χ1n) is 4.04. The summed E-state index contributed by atoms with van der Waals surface area (Å²) in [7, 11) is 1.21. The number of hydrogen-bond donors (Lipinski definition) is 1. The fourth-order valence-electron chi connectivity index (χ4n) is 1.14. The molecule has 76 valence electrons. The van der Waals surface area contributed by atoms with Gasteiger partial charge in [-0.1, -0.05) is 0 Å². The molecule has 0 aliphatic carbocycles. The van der Waals surface area contributed by atoms with Gasteiger partial charge < -0.3 is 19.3 Å². The fraction of sp³-hybridized carbons (Fsp3) is 0.875. The Bertz CT molecular complexity index is 201. The van der Waals surface area contributed by atoms with Gasteiger partial charge in [-0.15, -0.1) is 0 Å². The second-order valence-electron chi connectivity index (χ2n) is 3.34. The number of hydrogen-bond acceptors (Lipinski definition) is 5. The number of ether oxygens (including phenoxy) is 3. The van der Waals surface area contributed by atoms with Crippen molar-refractivity contribution in [2.45, 2.75) is 31.8 Å². The van der Waals surface area contributed by atoms with E-state index in [1.54, 1.807) is 13.8 Å². The van der Waals surface area contributed by atoms with Crippen molar-refractivity contribution in [3.05, 3.63) is 0 Å². The molecule has 1 rings (SSSR count). The Labute approximate surface area is 76.6 Å². The summed E-state index contributed by atoms with van der Waals surface area (Å²) in [6, 6.07) is 0. The van der Waals surface area contributed by atoms with Crippen LogP contribution in [0.15, 0.2) is 0 Å². The van der Waals surface area contributed by atoms with Crippen molar-refractivity contribution in [1.82, 2.24) is 0 Å². The van der Waals surface area contributed by atoms with Crippen molar-refractivity contribution in [2.24, 2.45) is 0 Å².